The van der Waals surface area contributed by atoms with E-state index in [-0.39, 0.29) is 18.5 Å². The fourth-order valence-corrected chi connectivity index (χ4v) is 0. The van der Waals surface area contributed by atoms with Gasteiger partial charge in [0.05, 0.1) is 0 Å². The third kappa shape index (κ3) is 32300. The van der Waals surface area contributed by atoms with E-state index in [2.05, 4.69) is 0 Å². The van der Waals surface area contributed by atoms with Crippen molar-refractivity contribution < 1.29 is 50.3 Å². The van der Waals surface area contributed by atoms with Crippen LogP contribution in [0.2, 0.25) is 0 Å². The summed E-state index contributed by atoms with van der Waals surface area (Å²) in [4.78, 5) is 25.6. The van der Waals surface area contributed by atoms with Crippen molar-refractivity contribution in [3.63, 3.8) is 0 Å². The van der Waals surface area contributed by atoms with Crippen molar-refractivity contribution >= 4 is 7.82 Å². The average molecular weight is 311 g/mol. The Balaban J connectivity index is -0.0000000267. The zero-order chi connectivity index (χ0) is 9.00. The van der Waals surface area contributed by atoms with Crippen LogP contribution in [0.3, 0.4) is 0 Å². The minimum absolute atomic E-state index is 0. The monoisotopic (exact) mass is 313 g/mol. The van der Waals surface area contributed by atoms with Crippen LogP contribution < -0.4 is 33.1 Å². The minimum atomic E-state index is -5.52. The molecule has 0 heterocycles. The van der Waals surface area contributed by atoms with Crippen LogP contribution in [0.15, 0.2) is 0 Å². The fourth-order valence-electron chi connectivity index (χ4n) is 0. The maximum absolute atomic E-state index is 8.85. The average Bonchev–Trinajstić information content (AvgIpc) is 1.12. The molecule has 0 rings (SSSR count). The zero-order valence-corrected chi connectivity index (χ0v) is 10.1. The molecule has 0 aromatic heterocycles. The predicted molar refractivity (Wildman–Crippen MR) is 31.4 cm³/mol. The van der Waals surface area contributed by atoms with E-state index in [4.69, 9.17) is 33.6 Å². The van der Waals surface area contributed by atoms with Crippen LogP contribution in [0, 0.1) is 0 Å². The summed E-state index contributed by atoms with van der Waals surface area (Å²) in [5.41, 5.74) is 0. The molecule has 14 N–H and O–H groups in total. The summed E-state index contributed by atoms with van der Waals surface area (Å²) < 4.78 is 40.6. The Morgan fingerprint density at radius 2 is 0.923 bits per heavy atom. The molecule has 0 aliphatic carbocycles. The number of quaternary nitrogens is 3. The van der Waals surface area contributed by atoms with Crippen LogP contribution in [0.25, 0.3) is 0 Å². The van der Waals surface area contributed by atoms with Gasteiger partial charge in [-0.05, 0) is 0 Å². The second-order valence-corrected chi connectivity index (χ2v) is 3.99. The summed E-state index contributed by atoms with van der Waals surface area (Å²) in [6.07, 6.45) is 0. The van der Waals surface area contributed by atoms with E-state index in [0.717, 1.165) is 0 Å². The molecule has 0 amide bonds. The molecule has 0 aliphatic rings. The second kappa shape index (κ2) is 10.3. The van der Waals surface area contributed by atoms with Crippen LogP contribution in [0.1, 0.15) is 0 Å². The molecule has 0 saturated heterocycles. The molecule has 13 heavy (non-hydrogen) atoms. The topological polar surface area (TPSA) is 270 Å². The first-order valence-electron chi connectivity index (χ1n) is 1.43. The molecule has 0 atom stereocenters. The van der Waals surface area contributed by atoms with Gasteiger partial charge in [0.15, 0.2) is 0 Å². The molecule has 0 spiro atoms. The molecular formula is H14MoN3O8P. The molecule has 0 saturated carbocycles. The molecular weight excluding hydrogens is 297 g/mol. The molecule has 88 valence electrons. The van der Waals surface area contributed by atoms with Crippen LogP contribution >= 0.6 is 7.82 Å². The quantitative estimate of drug-likeness (QED) is 0.225. The van der Waals surface area contributed by atoms with Crippen LogP contribution in [-0.4, -0.2) is 7.52 Å². The van der Waals surface area contributed by atoms with E-state index in [1.807, 2.05) is 0 Å². The molecule has 13 heteroatoms. The third-order valence-electron chi connectivity index (χ3n) is 0. The zero-order valence-electron chi connectivity index (χ0n) is 7.20. The van der Waals surface area contributed by atoms with E-state index in [9.17, 15) is 0 Å². The summed E-state index contributed by atoms with van der Waals surface area (Å²) in [5.74, 6) is 0. The Kier molecular flexibility index (Phi) is 23.1. The van der Waals surface area contributed by atoms with Gasteiger partial charge in [0.1, 0.15) is 0 Å². The first kappa shape index (κ1) is 29.2. The van der Waals surface area contributed by atoms with Crippen LogP contribution in [0.5, 0.6) is 0 Å². The Labute approximate surface area is 77.1 Å². The van der Waals surface area contributed by atoms with Crippen LogP contribution in [-0.2, 0) is 28.1 Å². The molecule has 11 nitrogen and oxygen atoms in total. The van der Waals surface area contributed by atoms with Crippen molar-refractivity contribution in [2.45, 2.75) is 0 Å². The third-order valence-corrected chi connectivity index (χ3v) is 0. The Morgan fingerprint density at radius 1 is 0.923 bits per heavy atom. The van der Waals surface area contributed by atoms with E-state index in [1.54, 1.807) is 0 Å². The fraction of sp³-hybridized carbons (Fsp3) is 0. The SMILES string of the molecule is O=P([O-])([O-])[O-].[NH4+].[NH4+].[NH4+].[O]=[Mo](=[O])([OH])[OH]. The van der Waals surface area contributed by atoms with Crippen LogP contribution in [0.4, 0.5) is 0 Å². The van der Waals surface area contributed by atoms with Crippen molar-refractivity contribution in [1.29, 1.82) is 0 Å². The summed E-state index contributed by atoms with van der Waals surface area (Å²) in [6, 6.07) is 0. The van der Waals surface area contributed by atoms with Gasteiger partial charge < -0.3 is 37.7 Å². The Hall–Kier alpha value is 0.198. The number of rotatable bonds is 0. The van der Waals surface area contributed by atoms with Crippen molar-refractivity contribution in [2.24, 2.45) is 0 Å². The molecule has 0 bridgehead atoms. The van der Waals surface area contributed by atoms with E-state index < -0.39 is 24.6 Å². The molecule has 0 aromatic carbocycles. The molecule has 0 radical (unpaired) electrons. The summed E-state index contributed by atoms with van der Waals surface area (Å²) >= 11 is -5.52. The van der Waals surface area contributed by atoms with Crippen molar-refractivity contribution in [1.82, 2.24) is 18.5 Å². The molecule has 0 fully saturated rings. The van der Waals surface area contributed by atoms with E-state index >= 15 is 0 Å². The van der Waals surface area contributed by atoms with Gasteiger partial charge >= 0.3 is 31.1 Å². The van der Waals surface area contributed by atoms with Gasteiger partial charge in [-0.3, -0.25) is 0 Å². The number of hydrogen-bond acceptors (Lipinski definition) is 6. The number of phosphoric acid groups is 1. The van der Waals surface area contributed by atoms with Gasteiger partial charge in [0.2, 0.25) is 0 Å². The Morgan fingerprint density at radius 3 is 0.923 bits per heavy atom. The van der Waals surface area contributed by atoms with Gasteiger partial charge in [0.25, 0.3) is 0 Å². The van der Waals surface area contributed by atoms with E-state index in [0.29, 0.717) is 0 Å². The molecule has 0 aromatic rings. The summed E-state index contributed by atoms with van der Waals surface area (Å²) in [5, 5.41) is 0. The second-order valence-electron chi connectivity index (χ2n) is 0.895. The van der Waals surface area contributed by atoms with E-state index in [1.165, 1.54) is 0 Å². The molecule has 0 unspecified atom stereocenters. The summed E-state index contributed by atoms with van der Waals surface area (Å²) in [7, 11) is -5.39. The van der Waals surface area contributed by atoms with Gasteiger partial charge in [-0.1, -0.05) is 0 Å². The number of hydrogen-bond donors (Lipinski definition) is 5. The predicted octanol–water partition coefficient (Wildman–Crippen LogP) is -3.05. The summed E-state index contributed by atoms with van der Waals surface area (Å²) in [6.45, 7) is 0. The Bertz CT molecular complexity index is 197. The standard InChI is InChI=1S/Mo.3H3N.H3O4P.2H2O.2O/c;;;;1-5(2,3)4;;;;/h;3*1H3;(H3,1,2,3,4);2*1H2;;/q+2;;;;;;;;/p-2. The first-order valence-corrected chi connectivity index (χ1v) is 6.32. The molecule has 0 aliphatic heterocycles. The van der Waals surface area contributed by atoms with Gasteiger partial charge in [-0.25, -0.2) is 0 Å². The normalized spacial score (nSPS) is 9.00. The maximum atomic E-state index is 8.85. The van der Waals surface area contributed by atoms with Gasteiger partial charge in [-0.15, -0.1) is 0 Å². The van der Waals surface area contributed by atoms with Crippen molar-refractivity contribution in [3.8, 4) is 0 Å². The van der Waals surface area contributed by atoms with Gasteiger partial charge in [-0.2, -0.15) is 7.82 Å². The first-order chi connectivity index (χ1) is 4.00. The van der Waals surface area contributed by atoms with Crippen molar-refractivity contribution in [2.75, 3.05) is 0 Å². The van der Waals surface area contributed by atoms with Gasteiger partial charge in [0, 0.05) is 0 Å². The van der Waals surface area contributed by atoms with Crippen molar-refractivity contribution in [3.05, 3.63) is 0 Å².